The molecule has 0 aliphatic heterocycles. The molecule has 1 N–H and O–H groups in total. The molecular formula is C21H13BrN2O4. The van der Waals surface area contributed by atoms with Gasteiger partial charge < -0.3 is 14.5 Å². The lowest BCUT2D eigenvalue weighted by Crippen LogP contribution is -2.12. The van der Waals surface area contributed by atoms with Gasteiger partial charge in [0, 0.05) is 33.9 Å². The van der Waals surface area contributed by atoms with Crippen molar-refractivity contribution in [2.45, 2.75) is 0 Å². The van der Waals surface area contributed by atoms with E-state index in [4.69, 9.17) is 9.15 Å². The van der Waals surface area contributed by atoms with E-state index in [9.17, 15) is 9.59 Å². The number of rotatable bonds is 4. The number of benzene rings is 2. The first-order valence-electron chi connectivity index (χ1n) is 8.31. The van der Waals surface area contributed by atoms with Crippen LogP contribution in [0.15, 0.2) is 86.6 Å². The molecular weight excluding hydrogens is 424 g/mol. The van der Waals surface area contributed by atoms with Crippen molar-refractivity contribution in [3.63, 3.8) is 0 Å². The van der Waals surface area contributed by atoms with Crippen LogP contribution in [-0.4, -0.2) is 10.9 Å². The minimum Gasteiger partial charge on any atom is -0.439 e. The van der Waals surface area contributed by atoms with Crippen LogP contribution in [-0.2, 0) is 0 Å². The summed E-state index contributed by atoms with van der Waals surface area (Å²) in [5.74, 6) is 0.731. The maximum Gasteiger partial charge on any atom is 0.336 e. The van der Waals surface area contributed by atoms with Gasteiger partial charge in [-0.25, -0.2) is 9.78 Å². The molecule has 2 aromatic carbocycles. The number of nitrogens with zero attached hydrogens (tertiary/aromatic N) is 1. The van der Waals surface area contributed by atoms with Crippen LogP contribution in [0.1, 0.15) is 10.4 Å². The number of nitrogens with one attached hydrogen (secondary N) is 1. The lowest BCUT2D eigenvalue weighted by atomic mass is 10.2. The summed E-state index contributed by atoms with van der Waals surface area (Å²) in [7, 11) is 0. The fourth-order valence-corrected chi connectivity index (χ4v) is 2.82. The highest BCUT2D eigenvalue weighted by molar-refractivity contribution is 9.10. The minimum absolute atomic E-state index is 0.306. The molecule has 1 amide bonds. The molecule has 0 saturated heterocycles. The number of pyridine rings is 1. The van der Waals surface area contributed by atoms with Crippen LogP contribution in [0.25, 0.3) is 11.0 Å². The minimum atomic E-state index is -0.416. The summed E-state index contributed by atoms with van der Waals surface area (Å²) in [6.45, 7) is 0. The van der Waals surface area contributed by atoms with Crippen LogP contribution in [0.4, 0.5) is 5.69 Å². The molecule has 0 aliphatic rings. The SMILES string of the molecule is O=C(Nc1ccc2oc(=O)ccc2c1)c1ccc(Oc2ccc(Br)cc2)nc1. The topological polar surface area (TPSA) is 81.4 Å². The van der Waals surface area contributed by atoms with E-state index >= 15 is 0 Å². The summed E-state index contributed by atoms with van der Waals surface area (Å²) >= 11 is 3.37. The molecule has 138 valence electrons. The Bertz CT molecular complexity index is 1200. The first-order chi connectivity index (χ1) is 13.6. The zero-order valence-electron chi connectivity index (χ0n) is 14.4. The molecule has 0 aliphatic carbocycles. The summed E-state index contributed by atoms with van der Waals surface area (Å²) < 4.78 is 11.7. The van der Waals surface area contributed by atoms with Crippen LogP contribution in [0.2, 0.25) is 0 Å². The number of amides is 1. The smallest absolute Gasteiger partial charge is 0.336 e. The highest BCUT2D eigenvalue weighted by Gasteiger charge is 2.09. The first kappa shape index (κ1) is 17.9. The number of anilines is 1. The number of halogens is 1. The van der Waals surface area contributed by atoms with Crippen molar-refractivity contribution >= 4 is 38.5 Å². The van der Waals surface area contributed by atoms with Crippen molar-refractivity contribution in [1.29, 1.82) is 0 Å². The van der Waals surface area contributed by atoms with Crippen LogP contribution < -0.4 is 15.7 Å². The number of fused-ring (bicyclic) bond motifs is 1. The van der Waals surface area contributed by atoms with Gasteiger partial charge in [0.1, 0.15) is 11.3 Å². The second-order valence-corrected chi connectivity index (χ2v) is 6.82. The van der Waals surface area contributed by atoms with E-state index in [1.807, 2.05) is 24.3 Å². The Kier molecular flexibility index (Phi) is 4.90. The Morgan fingerprint density at radius 3 is 2.57 bits per heavy atom. The molecule has 7 heteroatoms. The molecule has 6 nitrogen and oxygen atoms in total. The lowest BCUT2D eigenvalue weighted by molar-refractivity contribution is 0.102. The van der Waals surface area contributed by atoms with Crippen LogP contribution >= 0.6 is 15.9 Å². The van der Waals surface area contributed by atoms with Crippen LogP contribution in [0, 0.1) is 0 Å². The predicted octanol–water partition coefficient (Wildman–Crippen LogP) is 5.00. The third kappa shape index (κ3) is 4.10. The molecule has 0 bridgehead atoms. The molecule has 2 aromatic heterocycles. The van der Waals surface area contributed by atoms with E-state index in [0.717, 1.165) is 4.47 Å². The number of hydrogen-bond acceptors (Lipinski definition) is 5. The van der Waals surface area contributed by atoms with Gasteiger partial charge in [0.15, 0.2) is 0 Å². The maximum atomic E-state index is 12.4. The lowest BCUT2D eigenvalue weighted by Gasteiger charge is -2.08. The van der Waals surface area contributed by atoms with E-state index < -0.39 is 5.63 Å². The van der Waals surface area contributed by atoms with Crippen molar-refractivity contribution in [2.24, 2.45) is 0 Å². The molecule has 0 atom stereocenters. The monoisotopic (exact) mass is 436 g/mol. The summed E-state index contributed by atoms with van der Waals surface area (Å²) in [5.41, 5.74) is 1.02. The number of carbonyl (C=O) groups excluding carboxylic acids is 1. The number of aromatic nitrogens is 1. The van der Waals surface area contributed by atoms with Crippen molar-refractivity contribution in [2.75, 3.05) is 5.32 Å². The number of ether oxygens (including phenoxy) is 1. The summed E-state index contributed by atoms with van der Waals surface area (Å²) in [6.07, 6.45) is 1.45. The normalized spacial score (nSPS) is 10.6. The Hall–Kier alpha value is -3.45. The second kappa shape index (κ2) is 7.66. The molecule has 0 radical (unpaired) electrons. The van der Waals surface area contributed by atoms with Crippen molar-refractivity contribution in [3.05, 3.63) is 93.4 Å². The average Bonchev–Trinajstić information content (AvgIpc) is 2.70. The number of carbonyl (C=O) groups is 1. The highest BCUT2D eigenvalue weighted by atomic mass is 79.9. The van der Waals surface area contributed by atoms with Crippen molar-refractivity contribution in [3.8, 4) is 11.6 Å². The zero-order valence-corrected chi connectivity index (χ0v) is 16.0. The van der Waals surface area contributed by atoms with Crippen molar-refractivity contribution < 1.29 is 13.9 Å². The first-order valence-corrected chi connectivity index (χ1v) is 9.11. The molecule has 28 heavy (non-hydrogen) atoms. The molecule has 4 rings (SSSR count). The predicted molar refractivity (Wildman–Crippen MR) is 109 cm³/mol. The van der Waals surface area contributed by atoms with E-state index in [2.05, 4.69) is 26.2 Å². The van der Waals surface area contributed by atoms with Gasteiger partial charge in [0.05, 0.1) is 5.56 Å². The van der Waals surface area contributed by atoms with Crippen LogP contribution in [0.5, 0.6) is 11.6 Å². The standard InChI is InChI=1S/C21H13BrN2O4/c22-15-3-6-17(7-4-15)27-19-9-1-14(12-23-19)21(26)24-16-5-8-18-13(11-16)2-10-20(25)28-18/h1-12H,(H,24,26). The highest BCUT2D eigenvalue weighted by Crippen LogP contribution is 2.22. The Balaban J connectivity index is 1.46. The zero-order chi connectivity index (χ0) is 19.5. The Morgan fingerprint density at radius 1 is 1.00 bits per heavy atom. The second-order valence-electron chi connectivity index (χ2n) is 5.90. The van der Waals surface area contributed by atoms with Gasteiger partial charge in [-0.05, 0) is 54.6 Å². The molecule has 0 spiro atoms. The molecule has 0 saturated carbocycles. The van der Waals surface area contributed by atoms with E-state index in [1.54, 1.807) is 36.4 Å². The van der Waals surface area contributed by atoms with Crippen LogP contribution in [0.3, 0.4) is 0 Å². The van der Waals surface area contributed by atoms with Gasteiger partial charge >= 0.3 is 5.63 Å². The van der Waals surface area contributed by atoms with E-state index in [0.29, 0.717) is 33.8 Å². The Morgan fingerprint density at radius 2 is 1.82 bits per heavy atom. The molecule has 0 fully saturated rings. The summed E-state index contributed by atoms with van der Waals surface area (Å²) in [4.78, 5) is 27.8. The average molecular weight is 437 g/mol. The van der Waals surface area contributed by atoms with Gasteiger partial charge in [0.25, 0.3) is 5.91 Å². The van der Waals surface area contributed by atoms with Gasteiger partial charge in [-0.2, -0.15) is 0 Å². The van der Waals surface area contributed by atoms with Gasteiger partial charge in [-0.1, -0.05) is 15.9 Å². The maximum absolute atomic E-state index is 12.4. The quantitative estimate of drug-likeness (QED) is 0.455. The third-order valence-electron chi connectivity index (χ3n) is 3.91. The summed E-state index contributed by atoms with van der Waals surface area (Å²) in [6, 6.07) is 18.6. The largest absolute Gasteiger partial charge is 0.439 e. The molecule has 2 heterocycles. The fraction of sp³-hybridized carbons (Fsp3) is 0. The fourth-order valence-electron chi connectivity index (χ4n) is 2.55. The Labute approximate surface area is 167 Å². The van der Waals surface area contributed by atoms with E-state index in [1.165, 1.54) is 12.3 Å². The van der Waals surface area contributed by atoms with E-state index in [-0.39, 0.29) is 5.91 Å². The molecule has 0 unspecified atom stereocenters. The van der Waals surface area contributed by atoms with Gasteiger partial charge in [-0.3, -0.25) is 4.79 Å². The van der Waals surface area contributed by atoms with Crippen molar-refractivity contribution in [1.82, 2.24) is 4.98 Å². The number of hydrogen-bond donors (Lipinski definition) is 1. The summed E-state index contributed by atoms with van der Waals surface area (Å²) in [5, 5.41) is 3.51. The van der Waals surface area contributed by atoms with Gasteiger partial charge in [0.2, 0.25) is 5.88 Å². The third-order valence-corrected chi connectivity index (χ3v) is 4.44. The molecule has 4 aromatic rings. The van der Waals surface area contributed by atoms with Gasteiger partial charge in [-0.15, -0.1) is 0 Å².